The standard InChI is InChI=1S/C79H131N31O24S4/c1-35(2)26-49-70(127)107-51-31-136-135-30-41(81)63(120)105-50(28-57(84)114)71(128)108-53(73(130)99-42(12-7-8-22-80)64(121)96-38(5)77(134)110-25-11-15-54(110)75(132)102-47(18-21-58(115)116)69(126)109-59(39(6)111)76(133)95-37(4)62(119)104-49)33-138-137-32-52(106-66(123)44(14-10-24-92-79(88)89)98-65(122)43(13-9-23-91-78(86)87)97-61(118)36(3)94-72(51)129)74(131)101-45(16-19-55(82)112)67(124)100-46(17-20-56(83)113)68(125)103-48(60(85)117)27-40-29-90-34-93-40/h29,34-39,41-54,59,111H,7-28,30-33,80-81H2,1-6H3,(H2,82,112)(H2,83,113)(H2,84,114)(H2,85,117)(H,90,93)(H,94,129)(H,95,133)(H,96,121)(H,97,118)(H,98,122)(H,99,130)(H,100,124)(H,101,131)(H,102,132)(H,103,125)(H,104,119)(H,105,120)(H,106,123)(H,107,127)(H,108,128)(H,109,126)(H,115,116)(H4,86,87,91)(H4,88,89,92)/t36-,37-,38-,39+,41-,42-,43-,44-,45-,46-,47-,48-,49-,50-,51-,52-,53-,54+,59-/m0/s1. The number of aromatic amines is 1. The predicted octanol–water partition coefficient (Wildman–Crippen LogP) is -12.3. The quantitative estimate of drug-likeness (QED) is 0.0130. The Hall–Kier alpha value is -12.6. The van der Waals surface area contributed by atoms with Crippen LogP contribution >= 0.6 is 43.2 Å². The molecular weight excluding hydrogens is 1900 g/mol. The smallest absolute Gasteiger partial charge is 0.303 e. The molecular formula is C79H131N31O24S4. The molecule has 0 saturated carbocycles. The van der Waals surface area contributed by atoms with Crippen molar-refractivity contribution in [3.63, 3.8) is 0 Å². The van der Waals surface area contributed by atoms with Gasteiger partial charge in [0.2, 0.25) is 124 Å². The number of fused-ring (bicyclic) bond motifs is 12. The molecule has 3 fully saturated rings. The highest BCUT2D eigenvalue weighted by molar-refractivity contribution is 8.77. The lowest BCUT2D eigenvalue weighted by atomic mass is 10.0. The van der Waals surface area contributed by atoms with E-state index < -0.39 is 337 Å². The Labute approximate surface area is 809 Å². The minimum atomic E-state index is -2.01. The van der Waals surface area contributed by atoms with E-state index in [9.17, 15) is 96.5 Å². The van der Waals surface area contributed by atoms with Crippen LogP contribution in [-0.4, -0.2) is 331 Å². The fourth-order valence-corrected chi connectivity index (χ4v) is 18.3. The first kappa shape index (κ1) is 118. The summed E-state index contributed by atoms with van der Waals surface area (Å²) in [6, 6.07) is -31.5. The zero-order valence-electron chi connectivity index (χ0n) is 77.1. The van der Waals surface area contributed by atoms with Gasteiger partial charge in [0.25, 0.3) is 0 Å². The highest BCUT2D eigenvalue weighted by Crippen LogP contribution is 2.27. The lowest BCUT2D eigenvalue weighted by molar-refractivity contribution is -0.142. The third kappa shape index (κ3) is 42.5. The number of unbranched alkanes of at least 4 members (excludes halogenated alkanes) is 1. The van der Waals surface area contributed by atoms with Crippen LogP contribution in [0.15, 0.2) is 12.5 Å². The van der Waals surface area contributed by atoms with Crippen LogP contribution in [0, 0.1) is 16.7 Å². The third-order valence-electron chi connectivity index (χ3n) is 21.2. The summed E-state index contributed by atoms with van der Waals surface area (Å²) in [5, 5.41) is 80.7. The minimum Gasteiger partial charge on any atom is -0.481 e. The molecule has 55 nitrogen and oxygen atoms in total. The summed E-state index contributed by atoms with van der Waals surface area (Å²) in [5.41, 5.74) is 46.1. The summed E-state index contributed by atoms with van der Waals surface area (Å²) in [4.78, 5) is 320. The zero-order valence-corrected chi connectivity index (χ0v) is 80.4. The largest absolute Gasteiger partial charge is 0.481 e. The van der Waals surface area contributed by atoms with Crippen LogP contribution < -0.4 is 142 Å². The topological polar surface area (TPSA) is 920 Å². The van der Waals surface area contributed by atoms with Crippen molar-refractivity contribution < 1.29 is 116 Å². The van der Waals surface area contributed by atoms with Crippen molar-refractivity contribution in [2.75, 3.05) is 49.2 Å². The molecule has 3 saturated heterocycles. The SMILES string of the molecule is CC(C)C[C@@H]1NC(=O)[C@H](C)NC(=O)[C@H]([C@@H](C)O)NC(=O)[C@H](CCC(=O)O)NC(=O)[C@H]2CCCN2C(=O)[C@H](C)NC(=O)[C@H](CCCCN)NC(=O)[C@@H]2CSSC[C@@H](C(=O)N[C@@H](CCC(N)=O)C(=O)N[C@@H](CCC(N)=O)C(=O)N[C@@H](Cc3c[nH]cn3)C(N)=O)NC(=O)[C@H](CCCNC(=N)N)NC(=O)[C@H](CCCNC(=N)N)NC(=O)[C@H](C)NC(=O)[C@H](CSSC[C@H](N)C(=O)N[C@@H](CC(N)=O)C(=O)N2)NC1=O. The van der Waals surface area contributed by atoms with Crippen LogP contribution in [0.2, 0.25) is 0 Å². The van der Waals surface area contributed by atoms with Crippen LogP contribution in [0.1, 0.15) is 156 Å². The number of amides is 21. The lowest BCUT2D eigenvalue weighted by Gasteiger charge is -2.30. The Morgan fingerprint density at radius 2 is 0.942 bits per heavy atom. The fourth-order valence-electron chi connectivity index (χ4n) is 13.7. The van der Waals surface area contributed by atoms with Gasteiger partial charge in [0.05, 0.1) is 30.6 Å². The van der Waals surface area contributed by atoms with Crippen molar-refractivity contribution in [3.05, 3.63) is 18.2 Å². The molecule has 0 aliphatic carbocycles. The molecule has 2 bridgehead atoms. The number of aliphatic carboxylic acids is 1. The molecule has 1 aromatic rings. The molecule has 138 heavy (non-hydrogen) atoms. The van der Waals surface area contributed by atoms with Crippen molar-refractivity contribution in [2.24, 2.45) is 51.8 Å². The van der Waals surface area contributed by atoms with Crippen LogP contribution in [0.5, 0.6) is 0 Å². The molecule has 21 amide bonds. The van der Waals surface area contributed by atoms with Crippen LogP contribution in [0.4, 0.5) is 0 Å². The van der Waals surface area contributed by atoms with Gasteiger partial charge < -0.3 is 162 Å². The highest BCUT2D eigenvalue weighted by Gasteiger charge is 2.43. The number of aliphatic hydroxyl groups excluding tert-OH is 1. The Kier molecular flexibility index (Phi) is 51.3. The van der Waals surface area contributed by atoms with Gasteiger partial charge in [0.1, 0.15) is 103 Å². The molecule has 0 unspecified atom stereocenters. The molecule has 39 N–H and O–H groups in total. The van der Waals surface area contributed by atoms with E-state index in [1.54, 1.807) is 13.8 Å². The average molecular weight is 2030 g/mol. The summed E-state index contributed by atoms with van der Waals surface area (Å²) < 4.78 is 0. The van der Waals surface area contributed by atoms with E-state index in [2.05, 4.69) is 106 Å². The molecule has 59 heteroatoms. The number of guanidine groups is 2. The highest BCUT2D eigenvalue weighted by atomic mass is 33.1. The number of rotatable bonds is 35. The van der Waals surface area contributed by atoms with Crippen LogP contribution in [0.3, 0.4) is 0 Å². The Morgan fingerprint density at radius 1 is 0.493 bits per heavy atom. The number of aliphatic hydroxyl groups is 1. The Balaban J connectivity index is 2.11. The van der Waals surface area contributed by atoms with E-state index in [-0.39, 0.29) is 96.1 Å². The number of imidazole rings is 1. The van der Waals surface area contributed by atoms with E-state index in [1.807, 2.05) is 0 Å². The summed E-state index contributed by atoms with van der Waals surface area (Å²) in [7, 11) is 2.86. The van der Waals surface area contributed by atoms with Gasteiger partial charge in [-0.25, -0.2) is 4.98 Å². The average Bonchev–Trinajstić information content (AvgIpc) is 1.66. The van der Waals surface area contributed by atoms with E-state index in [0.717, 1.165) is 47.3 Å². The summed E-state index contributed by atoms with van der Waals surface area (Å²) in [6.45, 7) is 7.48. The molecule has 3 aliphatic rings. The zero-order chi connectivity index (χ0) is 103. The van der Waals surface area contributed by atoms with Crippen molar-refractivity contribution in [2.45, 2.75) is 272 Å². The molecule has 3 aliphatic heterocycles. The minimum absolute atomic E-state index is 0.0326. The van der Waals surface area contributed by atoms with Crippen LogP contribution in [0.25, 0.3) is 0 Å². The number of nitrogens with zero attached hydrogens (tertiary/aromatic N) is 2. The maximum Gasteiger partial charge on any atom is 0.303 e. The molecule has 4 heterocycles. The van der Waals surface area contributed by atoms with Gasteiger partial charge in [-0.1, -0.05) is 57.0 Å². The number of carboxylic acids is 1. The molecule has 0 aromatic carbocycles. The molecule has 0 radical (unpaired) electrons. The first-order valence-electron chi connectivity index (χ1n) is 44.3. The summed E-state index contributed by atoms with van der Waals surface area (Å²) in [5.74, 6) is -29.3. The normalized spacial score (nSPS) is 25.1. The van der Waals surface area contributed by atoms with Gasteiger partial charge in [0, 0.05) is 74.5 Å². The summed E-state index contributed by atoms with van der Waals surface area (Å²) >= 11 is 0. The van der Waals surface area contributed by atoms with Gasteiger partial charge in [-0.05, 0) is 124 Å². The van der Waals surface area contributed by atoms with Gasteiger partial charge >= 0.3 is 5.97 Å². The summed E-state index contributed by atoms with van der Waals surface area (Å²) in [6.07, 6.45) is -5.53. The third-order valence-corrected chi connectivity index (χ3v) is 26.1. The first-order valence-corrected chi connectivity index (χ1v) is 49.3. The van der Waals surface area contributed by atoms with Gasteiger partial charge in [-0.3, -0.25) is 116 Å². The number of nitrogens with two attached hydrogens (primary N) is 8. The van der Waals surface area contributed by atoms with Gasteiger partial charge in [-0.2, -0.15) is 0 Å². The van der Waals surface area contributed by atoms with Crippen molar-refractivity contribution in [1.29, 1.82) is 10.8 Å². The number of H-pyrrole nitrogens is 1. The molecule has 4 rings (SSSR count). The van der Waals surface area contributed by atoms with E-state index >= 15 is 19.2 Å². The lowest BCUT2D eigenvalue weighted by Crippen LogP contribution is -2.61. The first-order chi connectivity index (χ1) is 65.0. The van der Waals surface area contributed by atoms with Gasteiger partial charge in [0.15, 0.2) is 11.9 Å². The van der Waals surface area contributed by atoms with Crippen molar-refractivity contribution in [1.82, 2.24) is 111 Å². The number of aromatic nitrogens is 2. The number of carboxylic acid groups (broad SMARTS) is 1. The number of nitrogens with one attached hydrogen (secondary N) is 21. The van der Waals surface area contributed by atoms with E-state index in [0.29, 0.717) is 21.6 Å². The monoisotopic (exact) mass is 2030 g/mol. The number of primary amides is 4. The predicted molar refractivity (Wildman–Crippen MR) is 502 cm³/mol. The fraction of sp³-hybridized carbons (Fsp3) is 0.658. The van der Waals surface area contributed by atoms with E-state index in [1.165, 1.54) is 19.4 Å². The van der Waals surface area contributed by atoms with Crippen molar-refractivity contribution >= 4 is 185 Å². The molecule has 1 aromatic heterocycles. The Morgan fingerprint density at radius 3 is 1.46 bits per heavy atom. The number of carbonyl (C=O) groups excluding carboxylic acids is 21. The molecule has 770 valence electrons. The van der Waals surface area contributed by atoms with E-state index in [4.69, 9.17) is 56.7 Å². The van der Waals surface area contributed by atoms with Gasteiger partial charge in [-0.15, -0.1) is 0 Å². The van der Waals surface area contributed by atoms with Crippen molar-refractivity contribution in [3.8, 4) is 0 Å². The molecule has 0 spiro atoms. The molecule has 19 atom stereocenters. The maximum absolute atomic E-state index is 15.4. The maximum atomic E-state index is 15.4. The number of hydrogen-bond acceptors (Lipinski definition) is 32. The van der Waals surface area contributed by atoms with Crippen LogP contribution in [-0.2, 0) is 112 Å². The second kappa shape index (κ2) is 60.2. The Bertz CT molecular complexity index is 4470. The number of carbonyl (C=O) groups is 22. The number of hydrogen-bond donors (Lipinski definition) is 31. The second-order valence-electron chi connectivity index (χ2n) is 33.2. The second-order valence-corrected chi connectivity index (χ2v) is 38.3.